The first-order chi connectivity index (χ1) is 3.18. The number of rotatable bonds is 2. The summed E-state index contributed by atoms with van der Waals surface area (Å²) in [5.74, 6) is 0. The lowest BCUT2D eigenvalue weighted by atomic mass is 10.6. The minimum absolute atomic E-state index is 0.389. The fourth-order valence-electron chi connectivity index (χ4n) is 0.105. The number of hydrogen-bond acceptors (Lipinski definition) is 3. The topological polar surface area (TPSA) is 55.2 Å². The Morgan fingerprint density at radius 3 is 2.29 bits per heavy atom. The van der Waals surface area contributed by atoms with Gasteiger partial charge in [-0.25, -0.2) is 0 Å². The first-order valence-electron chi connectivity index (χ1n) is 1.99. The van der Waals surface area contributed by atoms with Gasteiger partial charge in [-0.1, -0.05) is 0 Å². The fraction of sp³-hybridized carbons (Fsp3) is 1.00. The first kappa shape index (κ1) is 6.36. The number of nitro groups is 1. The average Bonchev–Trinajstić information content (AvgIpc) is 1.65. The van der Waals surface area contributed by atoms with Crippen molar-refractivity contribution in [2.45, 2.75) is 13.1 Å². The van der Waals surface area contributed by atoms with Crippen LogP contribution in [0.5, 0.6) is 0 Å². The van der Waals surface area contributed by atoms with Crippen molar-refractivity contribution >= 4 is 0 Å². The second kappa shape index (κ2) is 2.52. The monoisotopic (exact) mass is 104 g/mol. The molecule has 0 aliphatic carbocycles. The standard InChI is InChI=1S/C3H8N2O2/c1-3(4-2)5(6)7/h3-4H,1-2H3/t3-/m0/s1. The Kier molecular flexibility index (Phi) is 2.29. The van der Waals surface area contributed by atoms with E-state index in [-0.39, 0.29) is 4.92 Å². The zero-order chi connectivity index (χ0) is 5.86. The van der Waals surface area contributed by atoms with Crippen LogP contribution in [-0.4, -0.2) is 18.1 Å². The van der Waals surface area contributed by atoms with Gasteiger partial charge in [-0.3, -0.25) is 15.4 Å². The third-order valence-corrected chi connectivity index (χ3v) is 0.734. The number of nitrogens with zero attached hydrogens (tertiary/aromatic N) is 1. The van der Waals surface area contributed by atoms with Crippen LogP contribution >= 0.6 is 0 Å². The fourth-order valence-corrected chi connectivity index (χ4v) is 0.105. The average molecular weight is 104 g/mol. The summed E-state index contributed by atoms with van der Waals surface area (Å²) in [5, 5.41) is 12.1. The van der Waals surface area contributed by atoms with Crippen molar-refractivity contribution in [3.63, 3.8) is 0 Å². The molecule has 0 aromatic carbocycles. The van der Waals surface area contributed by atoms with Gasteiger partial charge in [0.1, 0.15) is 0 Å². The molecule has 0 heterocycles. The molecule has 0 aromatic rings. The van der Waals surface area contributed by atoms with E-state index >= 15 is 0 Å². The minimum Gasteiger partial charge on any atom is -0.263 e. The van der Waals surface area contributed by atoms with Crippen LogP contribution in [0.25, 0.3) is 0 Å². The molecule has 0 unspecified atom stereocenters. The quantitative estimate of drug-likeness (QED) is 0.300. The van der Waals surface area contributed by atoms with Crippen LogP contribution in [0, 0.1) is 10.1 Å². The molecule has 0 fully saturated rings. The molecule has 7 heavy (non-hydrogen) atoms. The molecule has 0 aromatic heterocycles. The molecule has 0 saturated heterocycles. The van der Waals surface area contributed by atoms with Gasteiger partial charge >= 0.3 is 0 Å². The van der Waals surface area contributed by atoms with Gasteiger partial charge in [0.15, 0.2) is 0 Å². The zero-order valence-electron chi connectivity index (χ0n) is 4.34. The summed E-state index contributed by atoms with van der Waals surface area (Å²) >= 11 is 0. The predicted molar refractivity (Wildman–Crippen MR) is 25.5 cm³/mol. The number of nitrogens with one attached hydrogen (secondary N) is 1. The van der Waals surface area contributed by atoms with Crippen LogP contribution in [0.2, 0.25) is 0 Å². The molecular formula is C3H8N2O2. The van der Waals surface area contributed by atoms with Crippen LogP contribution in [-0.2, 0) is 0 Å². The van der Waals surface area contributed by atoms with E-state index in [0.29, 0.717) is 0 Å². The summed E-state index contributed by atoms with van der Waals surface area (Å²) in [6, 6.07) is 0. The lowest BCUT2D eigenvalue weighted by molar-refractivity contribution is -0.523. The van der Waals surface area contributed by atoms with Crippen LogP contribution in [0.3, 0.4) is 0 Å². The van der Waals surface area contributed by atoms with E-state index in [0.717, 1.165) is 0 Å². The summed E-state index contributed by atoms with van der Waals surface area (Å²) in [6.45, 7) is 1.49. The summed E-state index contributed by atoms with van der Waals surface area (Å²) in [5.41, 5.74) is 0. The largest absolute Gasteiger partial charge is 0.263 e. The van der Waals surface area contributed by atoms with E-state index in [9.17, 15) is 10.1 Å². The van der Waals surface area contributed by atoms with Gasteiger partial charge in [0, 0.05) is 11.8 Å². The molecule has 0 spiro atoms. The zero-order valence-corrected chi connectivity index (χ0v) is 4.34. The lowest BCUT2D eigenvalue weighted by Crippen LogP contribution is -2.29. The molecular weight excluding hydrogens is 96.0 g/mol. The van der Waals surface area contributed by atoms with Crippen molar-refractivity contribution in [1.29, 1.82) is 0 Å². The van der Waals surface area contributed by atoms with Crippen LogP contribution in [0.1, 0.15) is 6.92 Å². The molecule has 4 heteroatoms. The summed E-state index contributed by atoms with van der Waals surface area (Å²) in [6.07, 6.45) is -0.625. The Bertz CT molecular complexity index is 73.3. The normalized spacial score (nSPS) is 13.4. The van der Waals surface area contributed by atoms with E-state index in [1.54, 1.807) is 7.05 Å². The van der Waals surface area contributed by atoms with Gasteiger partial charge in [-0.15, -0.1) is 0 Å². The van der Waals surface area contributed by atoms with E-state index in [4.69, 9.17) is 0 Å². The molecule has 1 atom stereocenters. The van der Waals surface area contributed by atoms with Crippen LogP contribution in [0.15, 0.2) is 0 Å². The Morgan fingerprint density at radius 1 is 1.86 bits per heavy atom. The minimum atomic E-state index is -0.625. The Hall–Kier alpha value is -0.640. The Morgan fingerprint density at radius 2 is 2.29 bits per heavy atom. The highest BCUT2D eigenvalue weighted by Crippen LogP contribution is 1.75. The highest BCUT2D eigenvalue weighted by molar-refractivity contribution is 4.33. The van der Waals surface area contributed by atoms with Crippen molar-refractivity contribution in [3.05, 3.63) is 10.1 Å². The maximum Gasteiger partial charge on any atom is 0.262 e. The lowest BCUT2D eigenvalue weighted by Gasteiger charge is -1.97. The summed E-state index contributed by atoms with van der Waals surface area (Å²) in [7, 11) is 1.55. The van der Waals surface area contributed by atoms with Crippen molar-refractivity contribution in [2.75, 3.05) is 7.05 Å². The van der Waals surface area contributed by atoms with Gasteiger partial charge in [0.2, 0.25) is 0 Å². The molecule has 4 nitrogen and oxygen atoms in total. The molecule has 42 valence electrons. The van der Waals surface area contributed by atoms with Gasteiger partial charge < -0.3 is 0 Å². The van der Waals surface area contributed by atoms with Crippen LogP contribution in [0.4, 0.5) is 0 Å². The van der Waals surface area contributed by atoms with E-state index in [2.05, 4.69) is 5.32 Å². The smallest absolute Gasteiger partial charge is 0.262 e. The molecule has 0 saturated carbocycles. The van der Waals surface area contributed by atoms with E-state index < -0.39 is 6.17 Å². The third kappa shape index (κ3) is 2.11. The van der Waals surface area contributed by atoms with E-state index in [1.165, 1.54) is 6.92 Å². The molecule has 0 amide bonds. The first-order valence-corrected chi connectivity index (χ1v) is 1.99. The summed E-state index contributed by atoms with van der Waals surface area (Å²) in [4.78, 5) is 9.28. The second-order valence-electron chi connectivity index (χ2n) is 1.25. The predicted octanol–water partition coefficient (Wildman–Crippen LogP) is -0.171. The second-order valence-corrected chi connectivity index (χ2v) is 1.25. The molecule has 0 aliphatic rings. The van der Waals surface area contributed by atoms with E-state index in [1.807, 2.05) is 0 Å². The molecule has 1 N–H and O–H groups in total. The SMILES string of the molecule is CN[C@H](C)[N+](=O)[O-]. The van der Waals surface area contributed by atoms with Gasteiger partial charge in [-0.05, 0) is 7.05 Å². The van der Waals surface area contributed by atoms with Gasteiger partial charge in [-0.2, -0.15) is 0 Å². The maximum absolute atomic E-state index is 9.67. The maximum atomic E-state index is 9.67. The molecule has 0 aliphatic heterocycles. The highest BCUT2D eigenvalue weighted by Gasteiger charge is 2.05. The molecule has 0 bridgehead atoms. The molecule has 0 rings (SSSR count). The van der Waals surface area contributed by atoms with Gasteiger partial charge in [0.05, 0.1) is 0 Å². The van der Waals surface area contributed by atoms with Crippen molar-refractivity contribution in [2.24, 2.45) is 0 Å². The Labute approximate surface area is 41.7 Å². The van der Waals surface area contributed by atoms with Crippen molar-refractivity contribution < 1.29 is 4.92 Å². The number of hydrogen-bond donors (Lipinski definition) is 1. The van der Waals surface area contributed by atoms with Crippen molar-refractivity contribution in [1.82, 2.24) is 5.32 Å². The van der Waals surface area contributed by atoms with Gasteiger partial charge in [0.25, 0.3) is 6.17 Å². The third-order valence-electron chi connectivity index (χ3n) is 0.734. The highest BCUT2D eigenvalue weighted by atomic mass is 16.6. The van der Waals surface area contributed by atoms with Crippen LogP contribution < -0.4 is 5.32 Å². The van der Waals surface area contributed by atoms with Crippen molar-refractivity contribution in [3.8, 4) is 0 Å². The molecule has 0 radical (unpaired) electrons. The Balaban J connectivity index is 3.34. The summed E-state index contributed by atoms with van der Waals surface area (Å²) < 4.78 is 0.